The lowest BCUT2D eigenvalue weighted by Crippen LogP contribution is -1.99. The lowest BCUT2D eigenvalue weighted by molar-refractivity contribution is 0.602. The van der Waals surface area contributed by atoms with Gasteiger partial charge in [0.25, 0.3) is 0 Å². The first-order chi connectivity index (χ1) is 9.02. The number of sulfone groups is 1. The minimum Gasteiger partial charge on any atom is -0.359 e. The Balaban J connectivity index is 2.56. The third-order valence-corrected chi connectivity index (χ3v) is 3.85. The lowest BCUT2D eigenvalue weighted by Gasteiger charge is -2.07. The zero-order valence-corrected chi connectivity index (χ0v) is 11.2. The summed E-state index contributed by atoms with van der Waals surface area (Å²) in [4.78, 5) is 0.327. The SMILES string of the molecule is CS(=O)(=O)c1ccccc1-c1ccc(C#CN)cc1. The van der Waals surface area contributed by atoms with Crippen molar-refractivity contribution in [3.05, 3.63) is 54.1 Å². The molecule has 0 aliphatic rings. The van der Waals surface area contributed by atoms with Crippen molar-refractivity contribution in [3.63, 3.8) is 0 Å². The zero-order valence-electron chi connectivity index (χ0n) is 10.4. The van der Waals surface area contributed by atoms with Crippen molar-refractivity contribution in [3.8, 4) is 23.1 Å². The Bertz CT molecular complexity index is 751. The van der Waals surface area contributed by atoms with E-state index in [0.29, 0.717) is 10.5 Å². The van der Waals surface area contributed by atoms with E-state index in [1.54, 1.807) is 18.2 Å². The van der Waals surface area contributed by atoms with E-state index in [2.05, 4.69) is 12.0 Å². The summed E-state index contributed by atoms with van der Waals surface area (Å²) in [6, 6.07) is 16.6. The van der Waals surface area contributed by atoms with Gasteiger partial charge in [-0.25, -0.2) is 8.42 Å². The molecule has 0 amide bonds. The minimum absolute atomic E-state index is 0.327. The molecule has 3 nitrogen and oxygen atoms in total. The molecule has 0 bridgehead atoms. The van der Waals surface area contributed by atoms with Crippen LogP contribution in [-0.2, 0) is 9.84 Å². The van der Waals surface area contributed by atoms with Crippen LogP contribution in [-0.4, -0.2) is 14.7 Å². The molecule has 0 aromatic heterocycles. The Hall–Kier alpha value is -2.25. The predicted octanol–water partition coefficient (Wildman–Crippen LogP) is 2.02. The van der Waals surface area contributed by atoms with Crippen LogP contribution in [0.1, 0.15) is 5.56 Å². The maximum atomic E-state index is 11.8. The molecule has 2 aromatic carbocycles. The topological polar surface area (TPSA) is 60.2 Å². The van der Waals surface area contributed by atoms with Crippen LogP contribution in [0.3, 0.4) is 0 Å². The molecule has 0 fully saturated rings. The quantitative estimate of drug-likeness (QED) is 0.671. The van der Waals surface area contributed by atoms with Crippen molar-refractivity contribution in [1.29, 1.82) is 0 Å². The molecule has 2 aromatic rings. The molecule has 0 aliphatic heterocycles. The van der Waals surface area contributed by atoms with E-state index in [0.717, 1.165) is 11.1 Å². The van der Waals surface area contributed by atoms with Gasteiger partial charge in [0.1, 0.15) is 0 Å². The highest BCUT2D eigenvalue weighted by molar-refractivity contribution is 7.90. The number of rotatable bonds is 2. The summed E-state index contributed by atoms with van der Waals surface area (Å²) in [6.07, 6.45) is 1.21. The maximum absolute atomic E-state index is 11.8. The molecule has 0 heterocycles. The van der Waals surface area contributed by atoms with Gasteiger partial charge in [0.2, 0.25) is 0 Å². The van der Waals surface area contributed by atoms with Crippen LogP contribution in [0.4, 0.5) is 0 Å². The largest absolute Gasteiger partial charge is 0.359 e. The summed E-state index contributed by atoms with van der Waals surface area (Å²) in [5, 5.41) is 0. The maximum Gasteiger partial charge on any atom is 0.176 e. The molecule has 0 saturated heterocycles. The number of hydrogen-bond donors (Lipinski definition) is 1. The normalized spacial score (nSPS) is 10.6. The predicted molar refractivity (Wildman–Crippen MR) is 76.1 cm³/mol. The summed E-state index contributed by atoms with van der Waals surface area (Å²) < 4.78 is 23.5. The van der Waals surface area contributed by atoms with Crippen molar-refractivity contribution >= 4 is 9.84 Å². The standard InChI is InChI=1S/C15H13NO2S/c1-19(17,18)15-5-3-2-4-14(15)13-8-6-12(7-9-13)10-11-16/h2-9H,16H2,1H3. The molecular formula is C15H13NO2S. The molecule has 2 N–H and O–H groups in total. The first-order valence-corrected chi connectivity index (χ1v) is 7.52. The fourth-order valence-electron chi connectivity index (χ4n) is 1.84. The lowest BCUT2D eigenvalue weighted by atomic mass is 10.0. The molecule has 0 radical (unpaired) electrons. The average molecular weight is 271 g/mol. The summed E-state index contributed by atoms with van der Waals surface area (Å²) in [5.41, 5.74) is 7.47. The number of hydrogen-bond acceptors (Lipinski definition) is 3. The third kappa shape index (κ3) is 2.95. The fourth-order valence-corrected chi connectivity index (χ4v) is 2.76. The van der Waals surface area contributed by atoms with Gasteiger partial charge >= 0.3 is 0 Å². The highest BCUT2D eigenvalue weighted by Gasteiger charge is 2.13. The van der Waals surface area contributed by atoms with Gasteiger partial charge in [0, 0.05) is 23.4 Å². The molecule has 0 atom stereocenters. The van der Waals surface area contributed by atoms with Gasteiger partial charge in [0.15, 0.2) is 9.84 Å². The molecular weight excluding hydrogens is 258 g/mol. The van der Waals surface area contributed by atoms with Crippen LogP contribution in [0, 0.1) is 12.0 Å². The van der Waals surface area contributed by atoms with E-state index in [1.807, 2.05) is 30.3 Å². The molecule has 0 saturated carbocycles. The molecule has 0 spiro atoms. The average Bonchev–Trinajstić information content (AvgIpc) is 2.39. The van der Waals surface area contributed by atoms with Crippen LogP contribution in [0.5, 0.6) is 0 Å². The Morgan fingerprint density at radius 2 is 1.63 bits per heavy atom. The summed E-state index contributed by atoms with van der Waals surface area (Å²) >= 11 is 0. The Kier molecular flexibility index (Phi) is 3.59. The summed E-state index contributed by atoms with van der Waals surface area (Å²) in [6.45, 7) is 0. The monoisotopic (exact) mass is 271 g/mol. The second kappa shape index (κ2) is 5.17. The minimum atomic E-state index is -3.25. The van der Waals surface area contributed by atoms with Crippen molar-refractivity contribution < 1.29 is 8.42 Å². The third-order valence-electron chi connectivity index (χ3n) is 2.70. The Morgan fingerprint density at radius 3 is 2.21 bits per heavy atom. The number of nitrogens with two attached hydrogens (primary N) is 1. The van der Waals surface area contributed by atoms with Crippen LogP contribution >= 0.6 is 0 Å². The molecule has 19 heavy (non-hydrogen) atoms. The van der Waals surface area contributed by atoms with E-state index in [9.17, 15) is 8.42 Å². The van der Waals surface area contributed by atoms with Gasteiger partial charge in [-0.3, -0.25) is 0 Å². The van der Waals surface area contributed by atoms with Crippen LogP contribution in [0.2, 0.25) is 0 Å². The van der Waals surface area contributed by atoms with E-state index < -0.39 is 9.84 Å². The van der Waals surface area contributed by atoms with E-state index in [4.69, 9.17) is 5.73 Å². The molecule has 96 valence electrons. The van der Waals surface area contributed by atoms with Crippen molar-refractivity contribution in [2.45, 2.75) is 4.90 Å². The summed E-state index contributed by atoms with van der Waals surface area (Å²) in [5.74, 6) is 2.74. The van der Waals surface area contributed by atoms with Crippen LogP contribution < -0.4 is 5.73 Å². The molecule has 0 unspecified atom stereocenters. The van der Waals surface area contributed by atoms with Gasteiger partial charge in [-0.2, -0.15) is 0 Å². The van der Waals surface area contributed by atoms with Gasteiger partial charge < -0.3 is 5.73 Å². The van der Waals surface area contributed by atoms with E-state index in [1.165, 1.54) is 6.26 Å². The van der Waals surface area contributed by atoms with Crippen molar-refractivity contribution in [2.24, 2.45) is 5.73 Å². The smallest absolute Gasteiger partial charge is 0.176 e. The Labute approximate surface area is 113 Å². The zero-order chi connectivity index (χ0) is 13.9. The van der Waals surface area contributed by atoms with Crippen LogP contribution in [0.15, 0.2) is 53.4 Å². The second-order valence-electron chi connectivity index (χ2n) is 4.12. The highest BCUT2D eigenvalue weighted by Crippen LogP contribution is 2.27. The first-order valence-electron chi connectivity index (χ1n) is 5.63. The van der Waals surface area contributed by atoms with E-state index in [-0.39, 0.29) is 0 Å². The fraction of sp³-hybridized carbons (Fsp3) is 0.0667. The van der Waals surface area contributed by atoms with Gasteiger partial charge in [0.05, 0.1) is 4.90 Å². The van der Waals surface area contributed by atoms with Crippen molar-refractivity contribution in [1.82, 2.24) is 0 Å². The molecule has 0 aliphatic carbocycles. The number of benzene rings is 2. The van der Waals surface area contributed by atoms with E-state index >= 15 is 0 Å². The van der Waals surface area contributed by atoms with Crippen LogP contribution in [0.25, 0.3) is 11.1 Å². The molecule has 2 rings (SSSR count). The van der Waals surface area contributed by atoms with Gasteiger partial charge in [-0.05, 0) is 29.7 Å². The Morgan fingerprint density at radius 1 is 1.00 bits per heavy atom. The second-order valence-corrected chi connectivity index (χ2v) is 6.10. The van der Waals surface area contributed by atoms with Gasteiger partial charge in [-0.15, -0.1) is 0 Å². The molecule has 4 heteroatoms. The van der Waals surface area contributed by atoms with Crippen molar-refractivity contribution in [2.75, 3.05) is 6.26 Å². The summed E-state index contributed by atoms with van der Waals surface area (Å²) in [7, 11) is -3.25. The highest BCUT2D eigenvalue weighted by atomic mass is 32.2. The first kappa shape index (κ1) is 13.2. The van der Waals surface area contributed by atoms with Gasteiger partial charge in [-0.1, -0.05) is 30.3 Å².